The van der Waals surface area contributed by atoms with Crippen molar-refractivity contribution >= 4 is 33.7 Å². The van der Waals surface area contributed by atoms with Gasteiger partial charge in [0.25, 0.3) is 5.91 Å². The minimum Gasteiger partial charge on any atom is -0.480 e. The van der Waals surface area contributed by atoms with Crippen LogP contribution in [0.5, 0.6) is 0 Å². The van der Waals surface area contributed by atoms with E-state index in [0.29, 0.717) is 10.5 Å². The first-order chi connectivity index (χ1) is 13.5. The molecule has 1 aliphatic rings. The van der Waals surface area contributed by atoms with Crippen molar-refractivity contribution in [2.24, 2.45) is 0 Å². The van der Waals surface area contributed by atoms with Gasteiger partial charge in [-0.3, -0.25) is 9.59 Å². The Balaban J connectivity index is 2.18. The molecular weight excluding hydrogens is 412 g/mol. The molecule has 1 aromatic rings. The maximum absolute atomic E-state index is 12.9. The van der Waals surface area contributed by atoms with E-state index in [4.69, 9.17) is 0 Å². The first kappa shape index (κ1) is 23.4. The summed E-state index contributed by atoms with van der Waals surface area (Å²) in [7, 11) is -4.06. The molecule has 0 heterocycles. The summed E-state index contributed by atoms with van der Waals surface area (Å²) in [5.74, 6) is -2.19. The van der Waals surface area contributed by atoms with Gasteiger partial charge in [0.15, 0.2) is 0 Å². The molecule has 0 spiro atoms. The standard InChI is InChI=1S/C20H28N2O5S2/c1-5-17(18(23)21-16-11-12-16)28-14(3)29(26,27)22-20(4,19(24)25)13(2)15-9-7-6-8-10-15/h5-10,13-14,16,22H,11-12H2,1-4H3,(H,21,23)(H,24,25)/b17-5-. The fourth-order valence-corrected chi connectivity index (χ4v) is 5.39. The van der Waals surface area contributed by atoms with E-state index in [0.717, 1.165) is 24.6 Å². The largest absolute Gasteiger partial charge is 0.480 e. The number of allylic oxidation sites excluding steroid dienone is 1. The lowest BCUT2D eigenvalue weighted by molar-refractivity contribution is -0.144. The highest BCUT2D eigenvalue weighted by Crippen LogP contribution is 2.32. The number of carboxylic acids is 1. The van der Waals surface area contributed by atoms with Crippen LogP contribution >= 0.6 is 11.8 Å². The quantitative estimate of drug-likeness (QED) is 0.482. The molecule has 7 nitrogen and oxygen atoms in total. The van der Waals surface area contributed by atoms with Crippen LogP contribution in [0.2, 0.25) is 0 Å². The molecule has 0 radical (unpaired) electrons. The molecule has 1 amide bonds. The molecule has 1 saturated carbocycles. The lowest BCUT2D eigenvalue weighted by Crippen LogP contribution is -2.56. The number of sulfonamides is 1. The summed E-state index contributed by atoms with van der Waals surface area (Å²) in [6.07, 6.45) is 3.42. The molecule has 0 bridgehead atoms. The van der Waals surface area contributed by atoms with Crippen molar-refractivity contribution < 1.29 is 23.1 Å². The number of carboxylic acid groups (broad SMARTS) is 1. The average molecular weight is 441 g/mol. The third-order valence-electron chi connectivity index (χ3n) is 5.09. The third kappa shape index (κ3) is 5.83. The Morgan fingerprint density at radius 2 is 1.83 bits per heavy atom. The van der Waals surface area contributed by atoms with Crippen LogP contribution < -0.4 is 10.0 Å². The maximum atomic E-state index is 12.9. The van der Waals surface area contributed by atoms with Crippen LogP contribution in [-0.2, 0) is 19.6 Å². The number of rotatable bonds is 10. The highest BCUT2D eigenvalue weighted by Gasteiger charge is 2.44. The molecule has 1 aliphatic carbocycles. The minimum absolute atomic E-state index is 0.158. The molecule has 1 aromatic carbocycles. The Bertz CT molecular complexity index is 881. The summed E-state index contributed by atoms with van der Waals surface area (Å²) in [6.45, 7) is 6.14. The fraction of sp³-hybridized carbons (Fsp3) is 0.500. The van der Waals surface area contributed by atoms with Gasteiger partial charge in [0.05, 0.1) is 4.91 Å². The van der Waals surface area contributed by atoms with Gasteiger partial charge < -0.3 is 10.4 Å². The van der Waals surface area contributed by atoms with E-state index >= 15 is 0 Å². The van der Waals surface area contributed by atoms with Gasteiger partial charge in [-0.2, -0.15) is 4.72 Å². The molecule has 3 N–H and O–H groups in total. The number of amides is 1. The van der Waals surface area contributed by atoms with Gasteiger partial charge in [0.2, 0.25) is 10.0 Å². The van der Waals surface area contributed by atoms with Crippen molar-refractivity contribution in [2.45, 2.75) is 62.6 Å². The zero-order chi connectivity index (χ0) is 21.8. The van der Waals surface area contributed by atoms with Crippen LogP contribution in [0, 0.1) is 0 Å². The average Bonchev–Trinajstić information content (AvgIpc) is 3.49. The lowest BCUT2D eigenvalue weighted by Gasteiger charge is -2.33. The SMILES string of the molecule is C/C=C(\SC(C)S(=O)(=O)NC(C)(C(=O)O)C(C)c1ccccc1)C(=O)NC1CC1. The number of nitrogens with one attached hydrogen (secondary N) is 2. The smallest absolute Gasteiger partial charge is 0.325 e. The number of hydrogen-bond donors (Lipinski definition) is 3. The Kier molecular flexibility index (Phi) is 7.53. The molecule has 0 saturated heterocycles. The molecule has 2 rings (SSSR count). The Morgan fingerprint density at radius 3 is 2.31 bits per heavy atom. The lowest BCUT2D eigenvalue weighted by atomic mass is 9.83. The van der Waals surface area contributed by atoms with Crippen molar-refractivity contribution in [1.29, 1.82) is 0 Å². The first-order valence-corrected chi connectivity index (χ1v) is 11.9. The summed E-state index contributed by atoms with van der Waals surface area (Å²) in [6, 6.07) is 9.04. The zero-order valence-electron chi connectivity index (χ0n) is 17.0. The highest BCUT2D eigenvalue weighted by molar-refractivity contribution is 8.15. The van der Waals surface area contributed by atoms with Crippen LogP contribution in [0.3, 0.4) is 0 Å². The molecule has 9 heteroatoms. The number of carbonyl (C=O) groups is 2. The van der Waals surface area contributed by atoms with Crippen molar-refractivity contribution in [1.82, 2.24) is 10.0 Å². The Labute approximate surface area is 176 Å². The van der Waals surface area contributed by atoms with Gasteiger partial charge in [-0.25, -0.2) is 8.42 Å². The van der Waals surface area contributed by atoms with Crippen LogP contribution in [0.4, 0.5) is 0 Å². The van der Waals surface area contributed by atoms with Crippen LogP contribution in [-0.4, -0.2) is 41.6 Å². The van der Waals surface area contributed by atoms with E-state index in [9.17, 15) is 23.1 Å². The number of benzene rings is 1. The molecule has 29 heavy (non-hydrogen) atoms. The zero-order valence-corrected chi connectivity index (χ0v) is 18.6. The topological polar surface area (TPSA) is 113 Å². The molecule has 160 valence electrons. The van der Waals surface area contributed by atoms with E-state index in [1.807, 2.05) is 6.07 Å². The van der Waals surface area contributed by atoms with Crippen molar-refractivity contribution in [3.63, 3.8) is 0 Å². The number of thioether (sulfide) groups is 1. The predicted octanol–water partition coefficient (Wildman–Crippen LogP) is 2.81. The Hall–Kier alpha value is -1.84. The van der Waals surface area contributed by atoms with Gasteiger partial charge >= 0.3 is 5.97 Å². The minimum atomic E-state index is -4.06. The predicted molar refractivity (Wildman–Crippen MR) is 115 cm³/mol. The molecule has 1 fully saturated rings. The van der Waals surface area contributed by atoms with E-state index < -0.39 is 32.0 Å². The molecule has 0 aliphatic heterocycles. The van der Waals surface area contributed by atoms with Crippen molar-refractivity contribution in [2.75, 3.05) is 0 Å². The molecule has 3 atom stereocenters. The molecule has 3 unspecified atom stereocenters. The second-order valence-corrected chi connectivity index (χ2v) is 11.1. The summed E-state index contributed by atoms with van der Waals surface area (Å²) in [5, 5.41) is 12.7. The van der Waals surface area contributed by atoms with Crippen molar-refractivity contribution in [3.05, 3.63) is 46.9 Å². The highest BCUT2D eigenvalue weighted by atomic mass is 32.3. The van der Waals surface area contributed by atoms with Crippen LogP contribution in [0.1, 0.15) is 52.0 Å². The Morgan fingerprint density at radius 1 is 1.24 bits per heavy atom. The van der Waals surface area contributed by atoms with E-state index in [1.165, 1.54) is 13.8 Å². The normalized spacial score (nSPS) is 19.1. The summed E-state index contributed by atoms with van der Waals surface area (Å²) >= 11 is 0.895. The van der Waals surface area contributed by atoms with Gasteiger partial charge in [-0.15, -0.1) is 0 Å². The number of carbonyl (C=O) groups excluding carboxylic acids is 1. The summed E-state index contributed by atoms with van der Waals surface area (Å²) < 4.78 is 27.2. The van der Waals surface area contributed by atoms with Gasteiger partial charge in [0, 0.05) is 12.0 Å². The second kappa shape index (κ2) is 9.32. The summed E-state index contributed by atoms with van der Waals surface area (Å²) in [4.78, 5) is 24.6. The van der Waals surface area contributed by atoms with Crippen molar-refractivity contribution in [3.8, 4) is 0 Å². The monoisotopic (exact) mass is 440 g/mol. The molecular formula is C20H28N2O5S2. The summed E-state index contributed by atoms with van der Waals surface area (Å²) in [5.41, 5.74) is -1.04. The fourth-order valence-electron chi connectivity index (χ4n) is 2.75. The van der Waals surface area contributed by atoms with Crippen LogP contribution in [0.25, 0.3) is 0 Å². The van der Waals surface area contributed by atoms with E-state index in [2.05, 4.69) is 10.0 Å². The number of aliphatic carboxylic acids is 1. The van der Waals surface area contributed by atoms with Crippen LogP contribution in [0.15, 0.2) is 41.3 Å². The first-order valence-electron chi connectivity index (χ1n) is 9.46. The third-order valence-corrected chi connectivity index (χ3v) is 8.73. The second-order valence-electron chi connectivity index (χ2n) is 7.37. The van der Waals surface area contributed by atoms with Gasteiger partial charge in [-0.1, -0.05) is 55.1 Å². The maximum Gasteiger partial charge on any atom is 0.325 e. The number of hydrogen-bond acceptors (Lipinski definition) is 5. The van der Waals surface area contributed by atoms with E-state index in [1.54, 1.807) is 44.2 Å². The molecule has 0 aromatic heterocycles. The van der Waals surface area contributed by atoms with E-state index in [-0.39, 0.29) is 11.9 Å². The van der Waals surface area contributed by atoms with Gasteiger partial charge in [0.1, 0.15) is 10.1 Å². The van der Waals surface area contributed by atoms with Gasteiger partial charge in [-0.05, 0) is 39.2 Å².